The van der Waals surface area contributed by atoms with Crippen LogP contribution >= 0.6 is 0 Å². The number of imidazole rings is 1. The summed E-state index contributed by atoms with van der Waals surface area (Å²) in [5.74, 6) is -1.58. The third kappa shape index (κ3) is 8.89. The first-order valence-corrected chi connectivity index (χ1v) is 16.7. The van der Waals surface area contributed by atoms with Gasteiger partial charge in [-0.2, -0.15) is 4.31 Å². The van der Waals surface area contributed by atoms with E-state index in [-0.39, 0.29) is 47.6 Å². The number of nitrogens with two attached hydrogens (primary N) is 1. The summed E-state index contributed by atoms with van der Waals surface area (Å²) in [6.45, 7) is 3.74. The first-order chi connectivity index (χ1) is 22.0. The summed E-state index contributed by atoms with van der Waals surface area (Å²) < 4.78 is 42.0. The van der Waals surface area contributed by atoms with Gasteiger partial charge in [0.2, 0.25) is 15.9 Å². The Morgan fingerprint density at radius 1 is 1.07 bits per heavy atom. The molecule has 0 aliphatic carbocycles. The molecule has 4 aromatic rings. The molecular formula is C33H41FN6O5S. The van der Waals surface area contributed by atoms with Gasteiger partial charge in [-0.05, 0) is 53.3 Å². The predicted molar refractivity (Wildman–Crippen MR) is 175 cm³/mol. The number of hydrogen-bond acceptors (Lipinski definition) is 7. The lowest BCUT2D eigenvalue weighted by Crippen LogP contribution is -2.48. The summed E-state index contributed by atoms with van der Waals surface area (Å²) in [5.41, 5.74) is 6.47. The van der Waals surface area contributed by atoms with Crippen LogP contribution < -0.4 is 16.4 Å². The van der Waals surface area contributed by atoms with E-state index in [1.165, 1.54) is 16.8 Å². The number of anilines is 1. The standard InChI is InChI=1S/C33H41FN6O5S/c1-22(2)19-40(46(44,45)27-12-13-28(34)29(35)17-27)26(20-41)9-5-6-14-37-32(42)30(39-33(43)31-18-36-21-38-31)16-23-10-11-24-7-3-4-8-25(24)15-23/h3-4,7-8,10-13,15,17-18,21-22,26,30,41H,5-6,9,14,16,19-20,35H2,1-2H3,(H,36,38)(H,37,42)(H,39,43)/t26-,30-/m0/s1. The van der Waals surface area contributed by atoms with Crippen LogP contribution in [0.4, 0.5) is 10.1 Å². The molecule has 0 fully saturated rings. The van der Waals surface area contributed by atoms with Gasteiger partial charge in [-0.25, -0.2) is 17.8 Å². The van der Waals surface area contributed by atoms with E-state index in [1.54, 1.807) is 0 Å². The fourth-order valence-electron chi connectivity index (χ4n) is 5.21. The van der Waals surface area contributed by atoms with Gasteiger partial charge in [0.15, 0.2) is 0 Å². The molecule has 1 aromatic heterocycles. The third-order valence-corrected chi connectivity index (χ3v) is 9.53. The van der Waals surface area contributed by atoms with Gasteiger partial charge in [-0.1, -0.05) is 62.7 Å². The number of aromatic amines is 1. The number of benzene rings is 3. The number of H-pyrrole nitrogens is 1. The number of fused-ring (bicyclic) bond motifs is 1. The number of sulfonamides is 1. The maximum atomic E-state index is 13.7. The van der Waals surface area contributed by atoms with Gasteiger partial charge in [0.1, 0.15) is 17.6 Å². The minimum atomic E-state index is -4.08. The van der Waals surface area contributed by atoms with Crippen LogP contribution in [-0.4, -0.2) is 71.4 Å². The van der Waals surface area contributed by atoms with Crippen LogP contribution in [0.25, 0.3) is 10.8 Å². The largest absolute Gasteiger partial charge is 0.396 e. The summed E-state index contributed by atoms with van der Waals surface area (Å²) in [6.07, 6.45) is 4.35. The maximum absolute atomic E-state index is 13.7. The molecule has 0 spiro atoms. The highest BCUT2D eigenvalue weighted by Crippen LogP contribution is 2.25. The number of aliphatic hydroxyl groups is 1. The number of aliphatic hydroxyl groups excluding tert-OH is 1. The van der Waals surface area contributed by atoms with Crippen molar-refractivity contribution < 1.29 is 27.5 Å². The van der Waals surface area contributed by atoms with Crippen molar-refractivity contribution in [2.45, 2.75) is 56.5 Å². The fraction of sp³-hybridized carbons (Fsp3) is 0.364. The topological polar surface area (TPSA) is 171 Å². The summed E-state index contributed by atoms with van der Waals surface area (Å²) in [4.78, 5) is 32.6. The van der Waals surface area contributed by atoms with Crippen LogP contribution in [0, 0.1) is 11.7 Å². The molecule has 0 radical (unpaired) electrons. The van der Waals surface area contributed by atoms with E-state index in [0.717, 1.165) is 34.5 Å². The first-order valence-electron chi connectivity index (χ1n) is 15.2. The molecule has 1 heterocycles. The summed E-state index contributed by atoms with van der Waals surface area (Å²) in [7, 11) is -4.08. The Morgan fingerprint density at radius 2 is 1.83 bits per heavy atom. The molecule has 3 aromatic carbocycles. The van der Waals surface area contributed by atoms with Gasteiger partial charge < -0.3 is 26.5 Å². The normalized spacial score (nSPS) is 13.2. The van der Waals surface area contributed by atoms with Gasteiger partial charge in [0, 0.05) is 25.6 Å². The van der Waals surface area contributed by atoms with Gasteiger partial charge >= 0.3 is 0 Å². The average Bonchev–Trinajstić information content (AvgIpc) is 3.58. The molecule has 11 nitrogen and oxygen atoms in total. The second-order valence-electron chi connectivity index (χ2n) is 11.7. The number of carbonyl (C=O) groups is 2. The quantitative estimate of drug-likeness (QED) is 0.0909. The van der Waals surface area contributed by atoms with E-state index in [9.17, 15) is 27.5 Å². The van der Waals surface area contributed by atoms with Crippen molar-refractivity contribution in [2.75, 3.05) is 25.4 Å². The number of nitrogens with one attached hydrogen (secondary N) is 3. The van der Waals surface area contributed by atoms with Gasteiger partial charge in [-0.3, -0.25) is 9.59 Å². The smallest absolute Gasteiger partial charge is 0.270 e. The molecule has 6 N–H and O–H groups in total. The minimum Gasteiger partial charge on any atom is -0.396 e. The van der Waals surface area contributed by atoms with Crippen molar-refractivity contribution in [3.05, 3.63) is 90.3 Å². The lowest BCUT2D eigenvalue weighted by atomic mass is 10.0. The molecule has 0 bridgehead atoms. The van der Waals surface area contributed by atoms with Gasteiger partial charge in [0.05, 0.1) is 29.7 Å². The zero-order valence-corrected chi connectivity index (χ0v) is 26.8. The van der Waals surface area contributed by atoms with Crippen molar-refractivity contribution in [3.8, 4) is 0 Å². The highest BCUT2D eigenvalue weighted by atomic mass is 32.2. The van der Waals surface area contributed by atoms with E-state index >= 15 is 0 Å². The van der Waals surface area contributed by atoms with Gasteiger partial charge in [0.25, 0.3) is 5.91 Å². The van der Waals surface area contributed by atoms with E-state index in [2.05, 4.69) is 20.6 Å². The van der Waals surface area contributed by atoms with E-state index < -0.39 is 40.4 Å². The van der Waals surface area contributed by atoms with Crippen molar-refractivity contribution in [2.24, 2.45) is 5.92 Å². The molecular weight excluding hydrogens is 611 g/mol. The minimum absolute atomic E-state index is 0.0441. The Hall–Kier alpha value is -4.33. The fourth-order valence-corrected chi connectivity index (χ4v) is 7.06. The molecule has 4 rings (SSSR count). The summed E-state index contributed by atoms with van der Waals surface area (Å²) in [6, 6.07) is 15.4. The number of hydrogen-bond donors (Lipinski definition) is 5. The number of carbonyl (C=O) groups excluding carboxylic acids is 2. The molecule has 46 heavy (non-hydrogen) atoms. The van der Waals surface area contributed by atoms with E-state index in [1.807, 2.05) is 56.3 Å². The van der Waals surface area contributed by atoms with Crippen molar-refractivity contribution in [3.63, 3.8) is 0 Å². The third-order valence-electron chi connectivity index (χ3n) is 7.62. The van der Waals surface area contributed by atoms with E-state index in [4.69, 9.17) is 5.73 Å². The van der Waals surface area contributed by atoms with Gasteiger partial charge in [-0.15, -0.1) is 0 Å². The maximum Gasteiger partial charge on any atom is 0.270 e. The zero-order chi connectivity index (χ0) is 33.3. The van der Waals surface area contributed by atoms with Crippen molar-refractivity contribution in [1.82, 2.24) is 24.9 Å². The zero-order valence-electron chi connectivity index (χ0n) is 25.9. The lowest BCUT2D eigenvalue weighted by molar-refractivity contribution is -0.122. The molecule has 2 atom stereocenters. The lowest BCUT2D eigenvalue weighted by Gasteiger charge is -2.31. The molecule has 13 heteroatoms. The summed E-state index contributed by atoms with van der Waals surface area (Å²) in [5, 5.41) is 18.0. The Bertz CT molecular complexity index is 1730. The van der Waals surface area contributed by atoms with Crippen LogP contribution in [-0.2, 0) is 21.2 Å². The van der Waals surface area contributed by atoms with Crippen LogP contribution in [0.3, 0.4) is 0 Å². The Kier molecular flexibility index (Phi) is 11.9. The highest BCUT2D eigenvalue weighted by Gasteiger charge is 2.32. The molecule has 246 valence electrons. The number of amides is 2. The number of halogens is 1. The molecule has 0 aliphatic heterocycles. The predicted octanol–water partition coefficient (Wildman–Crippen LogP) is 3.62. The molecule has 0 saturated heterocycles. The summed E-state index contributed by atoms with van der Waals surface area (Å²) >= 11 is 0. The Morgan fingerprint density at radius 3 is 2.50 bits per heavy atom. The Balaban J connectivity index is 1.38. The Labute approximate surface area is 268 Å². The monoisotopic (exact) mass is 652 g/mol. The van der Waals surface area contributed by atoms with Crippen molar-refractivity contribution >= 4 is 38.3 Å². The number of nitrogen functional groups attached to an aromatic ring is 1. The number of rotatable bonds is 16. The van der Waals surface area contributed by atoms with E-state index in [0.29, 0.717) is 19.3 Å². The molecule has 0 aliphatic rings. The van der Waals surface area contributed by atoms with Crippen LogP contribution in [0.2, 0.25) is 0 Å². The average molecular weight is 653 g/mol. The van der Waals surface area contributed by atoms with Crippen LogP contribution in [0.1, 0.15) is 49.2 Å². The number of nitrogens with zero attached hydrogens (tertiary/aromatic N) is 2. The second-order valence-corrected chi connectivity index (χ2v) is 13.5. The SMILES string of the molecule is CC(C)CN([C@H](CO)CCCCNC(=O)[C@H](Cc1ccc2ccccc2c1)NC(=O)c1cnc[nH]1)S(=O)(=O)c1ccc(F)c(N)c1. The van der Waals surface area contributed by atoms with Crippen LogP contribution in [0.15, 0.2) is 78.1 Å². The molecule has 2 amide bonds. The number of unbranched alkanes of at least 4 members (excludes halogenated alkanes) is 1. The van der Waals surface area contributed by atoms with Crippen molar-refractivity contribution in [1.29, 1.82) is 0 Å². The highest BCUT2D eigenvalue weighted by molar-refractivity contribution is 7.89. The first kappa shape index (κ1) is 34.5. The van der Waals surface area contributed by atoms with Crippen LogP contribution in [0.5, 0.6) is 0 Å². The second kappa shape index (κ2) is 15.8. The number of aromatic nitrogens is 2. The molecule has 0 unspecified atom stereocenters. The molecule has 0 saturated carbocycles.